The molecule has 0 spiro atoms. The summed E-state index contributed by atoms with van der Waals surface area (Å²) < 4.78 is 23.0. The van der Waals surface area contributed by atoms with Gasteiger partial charge in [-0.25, -0.2) is 4.79 Å². The van der Waals surface area contributed by atoms with Crippen LogP contribution >= 0.6 is 0 Å². The summed E-state index contributed by atoms with van der Waals surface area (Å²) >= 11 is 0. The molecular formula is C88H142NO8+. The van der Waals surface area contributed by atoms with Crippen LogP contribution in [-0.4, -0.2) is 87.4 Å². The van der Waals surface area contributed by atoms with Crippen molar-refractivity contribution >= 4 is 17.9 Å². The van der Waals surface area contributed by atoms with Gasteiger partial charge in [0.1, 0.15) is 13.2 Å². The van der Waals surface area contributed by atoms with E-state index >= 15 is 0 Å². The van der Waals surface area contributed by atoms with Crippen LogP contribution in [0.4, 0.5) is 0 Å². The largest absolute Gasteiger partial charge is 0.477 e. The first-order valence-corrected chi connectivity index (χ1v) is 38.6. The number of unbranched alkanes of at least 4 members (excludes halogenated alkanes) is 22. The van der Waals surface area contributed by atoms with Gasteiger partial charge in [-0.05, 0) is 141 Å². The molecule has 2 atom stereocenters. The lowest BCUT2D eigenvalue weighted by Crippen LogP contribution is -2.40. The number of hydrogen-bond donors (Lipinski definition) is 1. The Bertz CT molecular complexity index is 2310. The molecule has 0 fully saturated rings. The Labute approximate surface area is 595 Å². The van der Waals surface area contributed by atoms with Gasteiger partial charge in [-0.3, -0.25) is 9.59 Å². The van der Waals surface area contributed by atoms with Crippen molar-refractivity contribution in [2.45, 2.75) is 296 Å². The first-order valence-electron chi connectivity index (χ1n) is 38.6. The molecule has 2 unspecified atom stereocenters. The highest BCUT2D eigenvalue weighted by Crippen LogP contribution is 2.16. The molecule has 0 aliphatic heterocycles. The fourth-order valence-electron chi connectivity index (χ4n) is 10.0. The molecule has 0 saturated carbocycles. The molecule has 9 heteroatoms. The summed E-state index contributed by atoms with van der Waals surface area (Å²) in [5.41, 5.74) is 0. The van der Waals surface area contributed by atoms with Crippen LogP contribution in [0.2, 0.25) is 0 Å². The number of carbonyl (C=O) groups excluding carboxylic acids is 2. The highest BCUT2D eigenvalue weighted by atomic mass is 16.7. The van der Waals surface area contributed by atoms with Crippen molar-refractivity contribution in [1.82, 2.24) is 0 Å². The fraction of sp³-hybridized carbons (Fsp3) is 0.602. The monoisotopic (exact) mass is 1340 g/mol. The van der Waals surface area contributed by atoms with Gasteiger partial charge in [0.05, 0.1) is 34.4 Å². The third kappa shape index (κ3) is 77.4. The van der Waals surface area contributed by atoms with Gasteiger partial charge in [0.25, 0.3) is 6.29 Å². The van der Waals surface area contributed by atoms with Crippen LogP contribution < -0.4 is 0 Å². The van der Waals surface area contributed by atoms with Crippen molar-refractivity contribution in [3.8, 4) is 0 Å². The first kappa shape index (κ1) is 91.1. The summed E-state index contributed by atoms with van der Waals surface area (Å²) in [7, 11) is 5.97. The standard InChI is InChI=1S/C88H141NO8/c1-6-8-10-12-14-16-18-20-22-24-26-28-30-32-34-36-38-40-41-42-43-44-45-47-49-51-53-55-57-59-61-63-65-67-69-71-73-75-77-79-86(91)97-84(83-96-88(87(92)93)94-81-80-89(3,4)5)82-95-85(90)78-76-74-72-70-68-66-64-62-60-58-56-54-52-50-48-46-39-37-35-33-31-29-27-25-23-21-19-17-15-13-11-9-7-2/h8-11,14-17,20-23,26-29,32-35,38-40,42-43,45-47,50,52,56,58,84,88H,6-7,12-13,18-19,24-25,30-31,36-37,41,44,48-49,51,53-55,57,59-83H2,1-5H3/p+1/b10-8-,11-9-,16-14-,17-15-,22-20-,23-21-,28-26-,29-27-,34-32-,35-33-,40-38-,43-42-,46-39-,47-45-,52-50-,58-56-. The van der Waals surface area contributed by atoms with E-state index in [1.807, 2.05) is 21.1 Å². The van der Waals surface area contributed by atoms with Crippen molar-refractivity contribution in [3.63, 3.8) is 0 Å². The fourth-order valence-corrected chi connectivity index (χ4v) is 10.0. The van der Waals surface area contributed by atoms with Gasteiger partial charge in [-0.1, -0.05) is 324 Å². The molecule has 0 aliphatic rings. The van der Waals surface area contributed by atoms with Crippen LogP contribution in [0.5, 0.6) is 0 Å². The quantitative estimate of drug-likeness (QED) is 0.0211. The Kier molecular flexibility index (Phi) is 71.3. The number of likely N-dealkylation sites (N-methyl/N-ethyl adjacent to an activating group) is 1. The molecule has 0 rings (SSSR count). The van der Waals surface area contributed by atoms with E-state index in [-0.39, 0.29) is 38.6 Å². The number of allylic oxidation sites excluding steroid dienone is 32. The Balaban J connectivity index is 4.14. The summed E-state index contributed by atoms with van der Waals surface area (Å²) in [5, 5.41) is 9.77. The molecule has 0 amide bonds. The summed E-state index contributed by atoms with van der Waals surface area (Å²) in [4.78, 5) is 37.7. The molecule has 0 bridgehead atoms. The van der Waals surface area contributed by atoms with Crippen molar-refractivity contribution < 1.29 is 42.9 Å². The average molecular weight is 1340 g/mol. The number of aliphatic carboxylic acids is 1. The molecule has 9 nitrogen and oxygen atoms in total. The maximum absolute atomic E-state index is 13.0. The summed E-state index contributed by atoms with van der Waals surface area (Å²) in [6.45, 7) is 4.63. The Morgan fingerprint density at radius 1 is 0.309 bits per heavy atom. The zero-order chi connectivity index (χ0) is 70.4. The average Bonchev–Trinajstić information content (AvgIpc) is 2.39. The second-order valence-corrected chi connectivity index (χ2v) is 26.2. The smallest absolute Gasteiger partial charge is 0.361 e. The van der Waals surface area contributed by atoms with E-state index in [1.54, 1.807) is 0 Å². The lowest BCUT2D eigenvalue weighted by Gasteiger charge is -2.25. The molecule has 0 aromatic carbocycles. The van der Waals surface area contributed by atoms with Crippen molar-refractivity contribution in [2.24, 2.45) is 0 Å². The SMILES string of the molecule is CC/C=C\C/C=C\C/C=C\C/C=C\C/C=C\C/C=C\C/C=C\C/C=C\CCCCCCCCCCCCCCCCC(=O)OC(COC(=O)CCCCCCCCCC/C=C\C/C=C\C/C=C\C/C=C\C/C=C\C/C=C\C/C=C\C/C=C\CC)COC(OCC[N+](C)(C)C)C(=O)O. The minimum Gasteiger partial charge on any atom is -0.477 e. The topological polar surface area (TPSA) is 108 Å². The van der Waals surface area contributed by atoms with Gasteiger partial charge in [0.2, 0.25) is 0 Å². The van der Waals surface area contributed by atoms with E-state index in [9.17, 15) is 19.5 Å². The first-order chi connectivity index (χ1) is 47.6. The van der Waals surface area contributed by atoms with Crippen LogP contribution in [-0.2, 0) is 33.3 Å². The Morgan fingerprint density at radius 2 is 0.557 bits per heavy atom. The van der Waals surface area contributed by atoms with Gasteiger partial charge in [0, 0.05) is 12.8 Å². The summed E-state index contributed by atoms with van der Waals surface area (Å²) in [6, 6.07) is 0. The minimum absolute atomic E-state index is 0.177. The molecule has 0 aromatic heterocycles. The zero-order valence-corrected chi connectivity index (χ0v) is 62.4. The molecule has 0 aromatic rings. The lowest BCUT2D eigenvalue weighted by atomic mass is 10.0. The number of quaternary nitrogens is 1. The van der Waals surface area contributed by atoms with Crippen LogP contribution in [0.25, 0.3) is 0 Å². The van der Waals surface area contributed by atoms with E-state index in [1.165, 1.54) is 96.3 Å². The maximum Gasteiger partial charge on any atom is 0.361 e. The molecular weight excluding hydrogens is 1200 g/mol. The van der Waals surface area contributed by atoms with Gasteiger partial charge in [-0.2, -0.15) is 0 Å². The number of carboxylic acid groups (broad SMARTS) is 1. The van der Waals surface area contributed by atoms with Gasteiger partial charge < -0.3 is 28.5 Å². The molecule has 0 saturated heterocycles. The Morgan fingerprint density at radius 3 is 0.825 bits per heavy atom. The predicted molar refractivity (Wildman–Crippen MR) is 419 cm³/mol. The Hall–Kier alpha value is -5.87. The third-order valence-electron chi connectivity index (χ3n) is 15.8. The van der Waals surface area contributed by atoms with E-state index < -0.39 is 24.3 Å². The molecule has 1 N–H and O–H groups in total. The maximum atomic E-state index is 13.0. The minimum atomic E-state index is -1.53. The number of hydrogen-bond acceptors (Lipinski definition) is 7. The normalized spacial score (nSPS) is 13.8. The number of esters is 2. The predicted octanol–water partition coefficient (Wildman–Crippen LogP) is 24.9. The van der Waals surface area contributed by atoms with Crippen LogP contribution in [0.3, 0.4) is 0 Å². The molecule has 0 heterocycles. The summed E-state index contributed by atoms with van der Waals surface area (Å²) in [6.07, 6.45) is 114. The molecule has 97 heavy (non-hydrogen) atoms. The van der Waals surface area contributed by atoms with E-state index in [4.69, 9.17) is 18.9 Å². The highest BCUT2D eigenvalue weighted by Gasteiger charge is 2.25. The molecule has 546 valence electrons. The highest BCUT2D eigenvalue weighted by molar-refractivity contribution is 5.71. The summed E-state index contributed by atoms with van der Waals surface area (Å²) in [5.74, 6) is -2.03. The number of nitrogens with zero attached hydrogens (tertiary/aromatic N) is 1. The van der Waals surface area contributed by atoms with Gasteiger partial charge >= 0.3 is 17.9 Å². The van der Waals surface area contributed by atoms with Crippen molar-refractivity contribution in [2.75, 3.05) is 47.5 Å². The van der Waals surface area contributed by atoms with E-state index in [2.05, 4.69) is 208 Å². The lowest BCUT2D eigenvalue weighted by molar-refractivity contribution is -0.870. The van der Waals surface area contributed by atoms with Crippen LogP contribution in [0.15, 0.2) is 194 Å². The molecule has 0 radical (unpaired) electrons. The van der Waals surface area contributed by atoms with Crippen LogP contribution in [0.1, 0.15) is 284 Å². The number of carbonyl (C=O) groups is 3. The van der Waals surface area contributed by atoms with Crippen LogP contribution in [0, 0.1) is 0 Å². The van der Waals surface area contributed by atoms with E-state index in [0.717, 1.165) is 154 Å². The third-order valence-corrected chi connectivity index (χ3v) is 15.8. The second-order valence-electron chi connectivity index (χ2n) is 26.2. The van der Waals surface area contributed by atoms with E-state index in [0.29, 0.717) is 17.4 Å². The number of carboxylic acids is 1. The number of rotatable bonds is 69. The number of ether oxygens (including phenoxy) is 4. The second kappa shape index (κ2) is 75.9. The van der Waals surface area contributed by atoms with Gasteiger partial charge in [-0.15, -0.1) is 0 Å². The van der Waals surface area contributed by atoms with Crippen molar-refractivity contribution in [1.29, 1.82) is 0 Å². The molecule has 0 aliphatic carbocycles. The van der Waals surface area contributed by atoms with Gasteiger partial charge in [0.15, 0.2) is 6.10 Å². The van der Waals surface area contributed by atoms with Crippen molar-refractivity contribution in [3.05, 3.63) is 194 Å². The zero-order valence-electron chi connectivity index (χ0n) is 62.4.